The van der Waals surface area contributed by atoms with Crippen LogP contribution in [-0.2, 0) is 16.1 Å². The molecule has 0 aromatic heterocycles. The number of likely N-dealkylation sites (N-methyl/N-ethyl adjacent to an activating group) is 1. The summed E-state index contributed by atoms with van der Waals surface area (Å²) in [5.74, 6) is 0.858. The average molecular weight is 306 g/mol. The molecule has 2 rings (SSSR count). The third-order valence-corrected chi connectivity index (χ3v) is 3.90. The first-order valence-corrected chi connectivity index (χ1v) is 7.98. The fraction of sp³-hybridized carbons (Fsp3) is 0.588. The summed E-state index contributed by atoms with van der Waals surface area (Å²) in [6.07, 6.45) is -0.363. The van der Waals surface area contributed by atoms with Crippen LogP contribution in [0.5, 0.6) is 5.75 Å². The Morgan fingerprint density at radius 3 is 2.95 bits per heavy atom. The highest BCUT2D eigenvalue weighted by atomic mass is 16.5. The van der Waals surface area contributed by atoms with Crippen LogP contribution in [0.4, 0.5) is 0 Å². The molecule has 1 aliphatic rings. The molecule has 5 heteroatoms. The number of amides is 1. The first-order chi connectivity index (χ1) is 10.6. The minimum absolute atomic E-state index is 0.0373. The number of aryl methyl sites for hydroxylation is 1. The molecular weight excluding hydrogens is 280 g/mol. The molecule has 5 nitrogen and oxygen atoms in total. The lowest BCUT2D eigenvalue weighted by molar-refractivity contribution is -0.138. The van der Waals surface area contributed by atoms with Crippen molar-refractivity contribution in [1.29, 1.82) is 0 Å². The third-order valence-electron chi connectivity index (χ3n) is 3.90. The Morgan fingerprint density at radius 1 is 1.45 bits per heavy atom. The number of benzene rings is 1. The number of morpholine rings is 1. The van der Waals surface area contributed by atoms with E-state index in [1.54, 1.807) is 0 Å². The second kappa shape index (κ2) is 8.15. The normalized spacial score (nSPS) is 19.0. The predicted molar refractivity (Wildman–Crippen MR) is 86.0 cm³/mol. The quantitative estimate of drug-likeness (QED) is 0.869. The van der Waals surface area contributed by atoms with E-state index < -0.39 is 0 Å². The number of ether oxygens (including phenoxy) is 2. The van der Waals surface area contributed by atoms with Crippen molar-refractivity contribution in [3.05, 3.63) is 29.3 Å². The fourth-order valence-corrected chi connectivity index (χ4v) is 2.59. The Kier molecular flexibility index (Phi) is 6.21. The van der Waals surface area contributed by atoms with Gasteiger partial charge in [-0.1, -0.05) is 19.1 Å². The summed E-state index contributed by atoms with van der Waals surface area (Å²) in [7, 11) is 0. The average Bonchev–Trinajstić information content (AvgIpc) is 2.55. The predicted octanol–water partition coefficient (Wildman–Crippen LogP) is 1.73. The van der Waals surface area contributed by atoms with E-state index in [0.717, 1.165) is 30.0 Å². The van der Waals surface area contributed by atoms with E-state index >= 15 is 0 Å². The van der Waals surface area contributed by atoms with Gasteiger partial charge < -0.3 is 14.8 Å². The Bertz CT molecular complexity index is 505. The number of carbonyl (C=O) groups is 1. The summed E-state index contributed by atoms with van der Waals surface area (Å²) in [6.45, 7) is 10.4. The fourth-order valence-electron chi connectivity index (χ4n) is 2.59. The van der Waals surface area contributed by atoms with Gasteiger partial charge in [-0.15, -0.1) is 0 Å². The Morgan fingerprint density at radius 2 is 2.27 bits per heavy atom. The molecule has 1 aromatic carbocycles. The summed E-state index contributed by atoms with van der Waals surface area (Å²) in [5, 5.41) is 2.96. The molecule has 122 valence electrons. The van der Waals surface area contributed by atoms with Crippen molar-refractivity contribution in [3.8, 4) is 5.75 Å². The smallest absolute Gasteiger partial charge is 0.250 e. The molecule has 0 unspecified atom stereocenters. The van der Waals surface area contributed by atoms with E-state index in [-0.39, 0.29) is 12.0 Å². The van der Waals surface area contributed by atoms with Crippen LogP contribution in [0.15, 0.2) is 18.2 Å². The zero-order valence-electron chi connectivity index (χ0n) is 13.7. The lowest BCUT2D eigenvalue weighted by Gasteiger charge is -2.31. The van der Waals surface area contributed by atoms with Gasteiger partial charge in [0.1, 0.15) is 11.9 Å². The first kappa shape index (κ1) is 16.8. The summed E-state index contributed by atoms with van der Waals surface area (Å²) in [5.41, 5.74) is 2.15. The van der Waals surface area contributed by atoms with Crippen LogP contribution in [0, 0.1) is 6.92 Å². The monoisotopic (exact) mass is 306 g/mol. The van der Waals surface area contributed by atoms with E-state index in [1.807, 2.05) is 32.0 Å². The van der Waals surface area contributed by atoms with Gasteiger partial charge in [0, 0.05) is 19.6 Å². The van der Waals surface area contributed by atoms with Gasteiger partial charge >= 0.3 is 0 Å². The summed E-state index contributed by atoms with van der Waals surface area (Å²) in [4.78, 5) is 14.4. The molecule has 1 aromatic rings. The van der Waals surface area contributed by atoms with Crippen LogP contribution < -0.4 is 10.1 Å². The number of carbonyl (C=O) groups excluding carboxylic acids is 1. The molecular formula is C17H26N2O3. The van der Waals surface area contributed by atoms with Crippen molar-refractivity contribution >= 4 is 5.91 Å². The van der Waals surface area contributed by atoms with E-state index in [1.165, 1.54) is 0 Å². The van der Waals surface area contributed by atoms with Gasteiger partial charge in [0.2, 0.25) is 0 Å². The summed E-state index contributed by atoms with van der Waals surface area (Å²) < 4.78 is 11.1. The highest BCUT2D eigenvalue weighted by molar-refractivity contribution is 5.81. The van der Waals surface area contributed by atoms with Gasteiger partial charge in [-0.2, -0.15) is 0 Å². The molecule has 0 bridgehead atoms. The molecule has 0 spiro atoms. The highest BCUT2D eigenvalue weighted by Crippen LogP contribution is 2.19. The van der Waals surface area contributed by atoms with E-state index in [4.69, 9.17) is 9.47 Å². The Hall–Kier alpha value is -1.59. The van der Waals surface area contributed by atoms with Crippen molar-refractivity contribution in [1.82, 2.24) is 10.2 Å². The van der Waals surface area contributed by atoms with Gasteiger partial charge in [-0.05, 0) is 37.6 Å². The van der Waals surface area contributed by atoms with Crippen molar-refractivity contribution in [2.24, 2.45) is 0 Å². The molecule has 1 amide bonds. The van der Waals surface area contributed by atoms with Crippen LogP contribution in [-0.4, -0.2) is 49.8 Å². The summed E-state index contributed by atoms with van der Waals surface area (Å²) >= 11 is 0. The van der Waals surface area contributed by atoms with Gasteiger partial charge in [-0.25, -0.2) is 0 Å². The minimum Gasteiger partial charge on any atom is -0.494 e. The Balaban J connectivity index is 1.87. The zero-order valence-corrected chi connectivity index (χ0v) is 13.7. The molecule has 1 atom stereocenters. The Labute approximate surface area is 132 Å². The maximum atomic E-state index is 12.2. The van der Waals surface area contributed by atoms with Crippen molar-refractivity contribution in [2.45, 2.75) is 33.4 Å². The molecule has 0 radical (unpaired) electrons. The molecule has 0 saturated carbocycles. The summed E-state index contributed by atoms with van der Waals surface area (Å²) in [6, 6.07) is 5.99. The number of nitrogens with zero attached hydrogens (tertiary/aromatic N) is 1. The lowest BCUT2D eigenvalue weighted by Crippen LogP contribution is -2.49. The first-order valence-electron chi connectivity index (χ1n) is 7.98. The molecule has 1 saturated heterocycles. The molecule has 1 N–H and O–H groups in total. The van der Waals surface area contributed by atoms with Crippen LogP contribution in [0.1, 0.15) is 25.0 Å². The van der Waals surface area contributed by atoms with Crippen LogP contribution in [0.25, 0.3) is 0 Å². The number of hydrogen-bond acceptors (Lipinski definition) is 4. The third kappa shape index (κ3) is 4.45. The van der Waals surface area contributed by atoms with Crippen molar-refractivity contribution in [2.75, 3.05) is 32.8 Å². The molecule has 0 aliphatic carbocycles. The number of nitrogens with one attached hydrogen (secondary N) is 1. The van der Waals surface area contributed by atoms with E-state index in [0.29, 0.717) is 26.3 Å². The maximum absolute atomic E-state index is 12.2. The van der Waals surface area contributed by atoms with Crippen LogP contribution in [0.3, 0.4) is 0 Å². The number of rotatable bonds is 6. The second-order valence-electron chi connectivity index (χ2n) is 5.50. The SMILES string of the molecule is CCOc1ccc(CNC(=O)[C@@H]2CN(CC)CCO2)cc1C. The van der Waals surface area contributed by atoms with Crippen molar-refractivity contribution in [3.63, 3.8) is 0 Å². The maximum Gasteiger partial charge on any atom is 0.250 e. The molecule has 1 aliphatic heterocycles. The topological polar surface area (TPSA) is 50.8 Å². The van der Waals surface area contributed by atoms with Gasteiger partial charge in [0.25, 0.3) is 5.91 Å². The highest BCUT2D eigenvalue weighted by Gasteiger charge is 2.25. The standard InChI is InChI=1S/C17H26N2O3/c1-4-19-8-9-22-16(12-19)17(20)18-11-14-6-7-15(21-5-2)13(3)10-14/h6-7,10,16H,4-5,8-9,11-12H2,1-3H3,(H,18,20)/t16-/m0/s1. The van der Waals surface area contributed by atoms with Gasteiger partial charge in [-0.3, -0.25) is 9.69 Å². The van der Waals surface area contributed by atoms with E-state index in [9.17, 15) is 4.79 Å². The van der Waals surface area contributed by atoms with Gasteiger partial charge in [0.15, 0.2) is 0 Å². The van der Waals surface area contributed by atoms with E-state index in [2.05, 4.69) is 17.1 Å². The number of hydrogen-bond donors (Lipinski definition) is 1. The largest absolute Gasteiger partial charge is 0.494 e. The van der Waals surface area contributed by atoms with Gasteiger partial charge in [0.05, 0.1) is 13.2 Å². The zero-order chi connectivity index (χ0) is 15.9. The minimum atomic E-state index is -0.363. The van der Waals surface area contributed by atoms with Crippen molar-refractivity contribution < 1.29 is 14.3 Å². The molecule has 1 fully saturated rings. The van der Waals surface area contributed by atoms with Crippen LogP contribution in [0.2, 0.25) is 0 Å². The van der Waals surface area contributed by atoms with Crippen LogP contribution >= 0.6 is 0 Å². The second-order valence-corrected chi connectivity index (χ2v) is 5.50. The molecule has 22 heavy (non-hydrogen) atoms. The lowest BCUT2D eigenvalue weighted by atomic mass is 10.1. The molecule has 1 heterocycles.